The van der Waals surface area contributed by atoms with Crippen LogP contribution in [0, 0.1) is 5.82 Å². The van der Waals surface area contributed by atoms with Crippen molar-refractivity contribution >= 4 is 5.91 Å². The zero-order chi connectivity index (χ0) is 16.0. The topological polar surface area (TPSA) is 55.6 Å². The fraction of sp³-hybridized carbons (Fsp3) is 0.462. The molecule has 118 valence electrons. The number of halogens is 4. The lowest BCUT2D eigenvalue weighted by atomic mass is 10.1. The highest BCUT2D eigenvalue weighted by Crippen LogP contribution is 2.32. The summed E-state index contributed by atoms with van der Waals surface area (Å²) in [5.74, 6) is -2.07. The van der Waals surface area contributed by atoms with Gasteiger partial charge >= 0.3 is 6.18 Å². The van der Waals surface area contributed by atoms with Crippen LogP contribution in [-0.4, -0.2) is 44.2 Å². The second-order valence-corrected chi connectivity index (χ2v) is 4.27. The van der Waals surface area contributed by atoms with Gasteiger partial charge in [0.1, 0.15) is 5.82 Å². The summed E-state index contributed by atoms with van der Waals surface area (Å²) in [6.45, 7) is 0.730. The molecule has 0 saturated heterocycles. The number of benzene rings is 1. The number of rotatable bonds is 6. The van der Waals surface area contributed by atoms with E-state index in [1.807, 2.05) is 0 Å². The molecule has 1 aromatic carbocycles. The van der Waals surface area contributed by atoms with E-state index in [1.54, 1.807) is 0 Å². The van der Waals surface area contributed by atoms with E-state index in [0.29, 0.717) is 12.1 Å². The first-order chi connectivity index (χ1) is 9.81. The molecule has 0 aliphatic rings. The number of ether oxygens (including phenoxy) is 1. The molecule has 1 aromatic rings. The molecule has 21 heavy (non-hydrogen) atoms. The van der Waals surface area contributed by atoms with Crippen LogP contribution >= 0.6 is 0 Å². The molecule has 0 spiro atoms. The molecule has 1 rings (SSSR count). The van der Waals surface area contributed by atoms with Gasteiger partial charge in [0.25, 0.3) is 5.91 Å². The van der Waals surface area contributed by atoms with E-state index in [2.05, 4.69) is 0 Å². The van der Waals surface area contributed by atoms with Crippen LogP contribution in [0.4, 0.5) is 17.6 Å². The van der Waals surface area contributed by atoms with Gasteiger partial charge in [-0.25, -0.2) is 4.39 Å². The minimum Gasteiger partial charge on any atom is -0.383 e. The Balaban J connectivity index is 3.05. The summed E-state index contributed by atoms with van der Waals surface area (Å²) in [5, 5.41) is 0. The first kappa shape index (κ1) is 17.4. The molecule has 0 aromatic heterocycles. The van der Waals surface area contributed by atoms with E-state index in [0.717, 1.165) is 6.07 Å². The Morgan fingerprint density at radius 3 is 2.52 bits per heavy atom. The highest BCUT2D eigenvalue weighted by molar-refractivity contribution is 5.94. The second-order valence-electron chi connectivity index (χ2n) is 4.27. The van der Waals surface area contributed by atoms with Crippen LogP contribution in [0.25, 0.3) is 0 Å². The third kappa shape index (κ3) is 4.68. The van der Waals surface area contributed by atoms with Gasteiger partial charge in [0, 0.05) is 32.3 Å². The van der Waals surface area contributed by atoms with E-state index < -0.39 is 23.5 Å². The van der Waals surface area contributed by atoms with E-state index in [-0.39, 0.29) is 31.8 Å². The van der Waals surface area contributed by atoms with Crippen molar-refractivity contribution in [1.29, 1.82) is 0 Å². The SMILES string of the molecule is COCCN(CCN)C(=O)c1ccc(F)c(C(F)(F)F)c1. The lowest BCUT2D eigenvalue weighted by molar-refractivity contribution is -0.140. The lowest BCUT2D eigenvalue weighted by Crippen LogP contribution is -2.37. The Morgan fingerprint density at radius 2 is 2.00 bits per heavy atom. The maximum atomic E-state index is 13.2. The van der Waals surface area contributed by atoms with E-state index >= 15 is 0 Å². The molecule has 0 saturated carbocycles. The van der Waals surface area contributed by atoms with Crippen molar-refractivity contribution in [2.45, 2.75) is 6.18 Å². The van der Waals surface area contributed by atoms with Crippen LogP contribution in [0.3, 0.4) is 0 Å². The molecule has 2 N–H and O–H groups in total. The second kappa shape index (κ2) is 7.37. The van der Waals surface area contributed by atoms with Gasteiger partial charge in [-0.05, 0) is 18.2 Å². The normalized spacial score (nSPS) is 11.5. The fourth-order valence-electron chi connectivity index (χ4n) is 1.73. The highest BCUT2D eigenvalue weighted by Gasteiger charge is 2.35. The van der Waals surface area contributed by atoms with Crippen LogP contribution in [-0.2, 0) is 10.9 Å². The van der Waals surface area contributed by atoms with Crippen LogP contribution < -0.4 is 5.73 Å². The van der Waals surface area contributed by atoms with Gasteiger partial charge in [-0.3, -0.25) is 4.79 Å². The van der Waals surface area contributed by atoms with Gasteiger partial charge in [-0.1, -0.05) is 0 Å². The third-order valence-electron chi connectivity index (χ3n) is 2.77. The van der Waals surface area contributed by atoms with Crippen molar-refractivity contribution in [3.05, 3.63) is 35.1 Å². The number of carbonyl (C=O) groups is 1. The van der Waals surface area contributed by atoms with E-state index in [9.17, 15) is 22.4 Å². The van der Waals surface area contributed by atoms with Crippen molar-refractivity contribution < 1.29 is 27.1 Å². The number of nitrogens with zero attached hydrogens (tertiary/aromatic N) is 1. The summed E-state index contributed by atoms with van der Waals surface area (Å²) in [6, 6.07) is 2.16. The Hall–Kier alpha value is -1.67. The standard InChI is InChI=1S/C13H16F4N2O2/c1-21-7-6-19(5-4-18)12(20)9-2-3-11(14)10(8-9)13(15,16)17/h2-3,8H,4-7,18H2,1H3. The van der Waals surface area contributed by atoms with Crippen LogP contribution in [0.2, 0.25) is 0 Å². The summed E-state index contributed by atoms with van der Waals surface area (Å²) in [7, 11) is 1.44. The molecule has 8 heteroatoms. The zero-order valence-corrected chi connectivity index (χ0v) is 11.4. The van der Waals surface area contributed by atoms with Gasteiger partial charge in [-0.15, -0.1) is 0 Å². The predicted molar refractivity (Wildman–Crippen MR) is 68.2 cm³/mol. The molecule has 0 heterocycles. The largest absolute Gasteiger partial charge is 0.419 e. The Bertz CT molecular complexity index is 492. The number of alkyl halides is 3. The van der Waals surface area contributed by atoms with Gasteiger partial charge in [0.05, 0.1) is 12.2 Å². The molecule has 0 bridgehead atoms. The van der Waals surface area contributed by atoms with E-state index in [4.69, 9.17) is 10.5 Å². The molecule has 1 amide bonds. The average Bonchev–Trinajstić information content (AvgIpc) is 2.42. The molecule has 4 nitrogen and oxygen atoms in total. The van der Waals surface area contributed by atoms with Crippen LogP contribution in [0.5, 0.6) is 0 Å². The molecule has 0 atom stereocenters. The third-order valence-corrected chi connectivity index (χ3v) is 2.77. The molecule has 0 fully saturated rings. The van der Waals surface area contributed by atoms with Crippen LogP contribution in [0.1, 0.15) is 15.9 Å². The summed E-state index contributed by atoms with van der Waals surface area (Å²) in [6.07, 6.45) is -4.86. The minimum absolute atomic E-state index is 0.156. The van der Waals surface area contributed by atoms with Crippen molar-refractivity contribution in [3.63, 3.8) is 0 Å². The fourth-order valence-corrected chi connectivity index (χ4v) is 1.73. The Morgan fingerprint density at radius 1 is 1.33 bits per heavy atom. The number of hydrogen-bond acceptors (Lipinski definition) is 3. The maximum absolute atomic E-state index is 13.2. The number of methoxy groups -OCH3 is 1. The number of carbonyl (C=O) groups excluding carboxylic acids is 1. The summed E-state index contributed by atoms with van der Waals surface area (Å²) in [5.41, 5.74) is 3.66. The molecule has 0 unspecified atom stereocenters. The number of hydrogen-bond donors (Lipinski definition) is 1. The minimum atomic E-state index is -4.86. The van der Waals surface area contributed by atoms with Gasteiger partial charge in [0.15, 0.2) is 0 Å². The smallest absolute Gasteiger partial charge is 0.383 e. The maximum Gasteiger partial charge on any atom is 0.419 e. The molecule has 0 radical (unpaired) electrons. The lowest BCUT2D eigenvalue weighted by Gasteiger charge is -2.22. The summed E-state index contributed by atoms with van der Waals surface area (Å²) >= 11 is 0. The molecule has 0 aliphatic heterocycles. The van der Waals surface area contributed by atoms with Crippen molar-refractivity contribution in [2.24, 2.45) is 5.73 Å². The van der Waals surface area contributed by atoms with Gasteiger partial charge in [-0.2, -0.15) is 13.2 Å². The van der Waals surface area contributed by atoms with Gasteiger partial charge < -0.3 is 15.4 Å². The number of amides is 1. The number of nitrogens with two attached hydrogens (primary N) is 1. The highest BCUT2D eigenvalue weighted by atomic mass is 19.4. The molecular weight excluding hydrogens is 292 g/mol. The average molecular weight is 308 g/mol. The zero-order valence-electron chi connectivity index (χ0n) is 11.4. The first-order valence-corrected chi connectivity index (χ1v) is 6.16. The Labute approximate surface area is 119 Å². The first-order valence-electron chi connectivity index (χ1n) is 6.16. The van der Waals surface area contributed by atoms with Gasteiger partial charge in [0.2, 0.25) is 0 Å². The van der Waals surface area contributed by atoms with Crippen LogP contribution in [0.15, 0.2) is 18.2 Å². The molecular formula is C13H16F4N2O2. The molecule has 0 aliphatic carbocycles. The predicted octanol–water partition coefficient (Wildman–Crippen LogP) is 1.89. The van der Waals surface area contributed by atoms with Crippen molar-refractivity contribution in [2.75, 3.05) is 33.4 Å². The summed E-state index contributed by atoms with van der Waals surface area (Å²) < 4.78 is 55.9. The van der Waals surface area contributed by atoms with Crippen molar-refractivity contribution in [3.8, 4) is 0 Å². The monoisotopic (exact) mass is 308 g/mol. The Kier molecular flexibility index (Phi) is 6.10. The van der Waals surface area contributed by atoms with Crippen molar-refractivity contribution in [1.82, 2.24) is 4.90 Å². The van der Waals surface area contributed by atoms with E-state index in [1.165, 1.54) is 12.0 Å². The summed E-state index contributed by atoms with van der Waals surface area (Å²) in [4.78, 5) is 13.4. The quantitative estimate of drug-likeness (QED) is 0.817.